The van der Waals surface area contributed by atoms with Crippen molar-refractivity contribution in [3.8, 4) is 6.07 Å². The van der Waals surface area contributed by atoms with Crippen LogP contribution in [0.2, 0.25) is 0 Å². The fourth-order valence-electron chi connectivity index (χ4n) is 1.42. The number of carbonyl (C=O) groups is 1. The third kappa shape index (κ3) is 3.67. The fourth-order valence-corrected chi connectivity index (χ4v) is 2.19. The minimum Gasteiger partial charge on any atom is -0.360 e. The van der Waals surface area contributed by atoms with Crippen molar-refractivity contribution in [2.24, 2.45) is 0 Å². The predicted octanol–water partition coefficient (Wildman–Crippen LogP) is 1.73. The van der Waals surface area contributed by atoms with E-state index in [9.17, 15) is 4.79 Å². The fraction of sp³-hybridized carbons (Fsp3) is 0.636. The minimum absolute atomic E-state index is 0.0392. The van der Waals surface area contributed by atoms with Crippen LogP contribution < -0.4 is 5.32 Å². The molecule has 18 heavy (non-hydrogen) atoms. The van der Waals surface area contributed by atoms with Gasteiger partial charge in [-0.25, -0.2) is 0 Å². The summed E-state index contributed by atoms with van der Waals surface area (Å²) in [5.74, 6) is -0.165. The van der Waals surface area contributed by atoms with E-state index in [2.05, 4.69) is 15.5 Å². The number of amides is 1. The Morgan fingerprint density at radius 3 is 2.83 bits per heavy atom. The quantitative estimate of drug-likeness (QED) is 0.848. The molecule has 0 aromatic carbocycles. The van der Waals surface area contributed by atoms with Gasteiger partial charge in [0.1, 0.15) is 0 Å². The molecule has 1 N–H and O–H groups in total. The first-order chi connectivity index (χ1) is 8.60. The number of nitrogens with one attached hydrogen (secondary N) is 1. The van der Waals surface area contributed by atoms with Gasteiger partial charge in [0.25, 0.3) is 5.91 Å². The van der Waals surface area contributed by atoms with Gasteiger partial charge < -0.3 is 10.2 Å². The maximum absolute atomic E-state index is 12.2. The molecule has 0 saturated carbocycles. The highest BCUT2D eigenvalue weighted by Gasteiger charge is 2.22. The van der Waals surface area contributed by atoms with Gasteiger partial charge in [-0.05, 0) is 20.8 Å². The Kier molecular flexibility index (Phi) is 5.52. The average molecular weight is 267 g/mol. The first kappa shape index (κ1) is 14.4. The van der Waals surface area contributed by atoms with E-state index in [-0.39, 0.29) is 11.9 Å². The normalized spacial score (nSPS) is 10.2. The predicted molar refractivity (Wildman–Crippen MR) is 70.5 cm³/mol. The number of carbonyl (C=O) groups excluding carboxylic acids is 1. The van der Waals surface area contributed by atoms with Crippen LogP contribution in [0.1, 0.15) is 37.0 Å². The van der Waals surface area contributed by atoms with Gasteiger partial charge in [-0.15, -0.1) is 10.2 Å². The molecular weight excluding hydrogens is 250 g/mol. The highest BCUT2D eigenvalue weighted by Crippen LogP contribution is 2.17. The maximum Gasteiger partial charge on any atom is 0.285 e. The van der Waals surface area contributed by atoms with Crippen LogP contribution in [0.4, 0.5) is 5.13 Å². The van der Waals surface area contributed by atoms with Crippen molar-refractivity contribution >= 4 is 22.4 Å². The molecule has 0 aliphatic heterocycles. The van der Waals surface area contributed by atoms with Crippen LogP contribution in [0.25, 0.3) is 0 Å². The molecular formula is C11H17N5OS. The Hall–Kier alpha value is -1.68. The summed E-state index contributed by atoms with van der Waals surface area (Å²) in [5, 5.41) is 20.4. The van der Waals surface area contributed by atoms with Crippen molar-refractivity contribution in [3.05, 3.63) is 5.01 Å². The van der Waals surface area contributed by atoms with Gasteiger partial charge in [-0.1, -0.05) is 11.3 Å². The van der Waals surface area contributed by atoms with Crippen LogP contribution in [-0.2, 0) is 0 Å². The molecule has 0 aliphatic rings. The van der Waals surface area contributed by atoms with Crippen LogP contribution in [0.3, 0.4) is 0 Å². The summed E-state index contributed by atoms with van der Waals surface area (Å²) in [7, 11) is 0. The van der Waals surface area contributed by atoms with Gasteiger partial charge in [0.2, 0.25) is 10.1 Å². The third-order valence-electron chi connectivity index (χ3n) is 2.28. The van der Waals surface area contributed by atoms with E-state index < -0.39 is 0 Å². The lowest BCUT2D eigenvalue weighted by molar-refractivity contribution is 0.0709. The van der Waals surface area contributed by atoms with E-state index in [0.29, 0.717) is 23.1 Å². The molecule has 1 rings (SSSR count). The number of rotatable bonds is 6. The molecule has 7 heteroatoms. The summed E-state index contributed by atoms with van der Waals surface area (Å²) in [6.45, 7) is 6.95. The molecule has 0 spiro atoms. The lowest BCUT2D eigenvalue weighted by atomic mass is 10.3. The largest absolute Gasteiger partial charge is 0.360 e. The Bertz CT molecular complexity index is 437. The molecule has 0 unspecified atom stereocenters. The van der Waals surface area contributed by atoms with Gasteiger partial charge in [0.05, 0.1) is 12.5 Å². The lowest BCUT2D eigenvalue weighted by Crippen LogP contribution is -2.37. The highest BCUT2D eigenvalue weighted by molar-refractivity contribution is 7.17. The molecule has 0 bridgehead atoms. The van der Waals surface area contributed by atoms with Crippen molar-refractivity contribution in [1.82, 2.24) is 15.1 Å². The zero-order valence-corrected chi connectivity index (χ0v) is 11.6. The van der Waals surface area contributed by atoms with Gasteiger partial charge in [-0.2, -0.15) is 5.26 Å². The molecule has 6 nitrogen and oxygen atoms in total. The standard InChI is InChI=1S/C11H17N5OS/c1-4-13-11-15-14-9(18-11)10(17)16(8(2)3)7-5-6-12/h8H,4-5,7H2,1-3H3,(H,13,15). The lowest BCUT2D eigenvalue weighted by Gasteiger charge is -2.24. The zero-order valence-electron chi connectivity index (χ0n) is 10.8. The van der Waals surface area contributed by atoms with E-state index in [1.54, 1.807) is 4.90 Å². The van der Waals surface area contributed by atoms with Gasteiger partial charge in [0, 0.05) is 19.1 Å². The van der Waals surface area contributed by atoms with E-state index in [4.69, 9.17) is 5.26 Å². The van der Waals surface area contributed by atoms with Crippen LogP contribution in [-0.4, -0.2) is 40.1 Å². The number of anilines is 1. The SMILES string of the molecule is CCNc1nnc(C(=O)N(CCC#N)C(C)C)s1. The number of hydrogen-bond acceptors (Lipinski definition) is 6. The van der Waals surface area contributed by atoms with Crippen LogP contribution in [0.5, 0.6) is 0 Å². The molecule has 1 heterocycles. The van der Waals surface area contributed by atoms with Crippen molar-refractivity contribution in [1.29, 1.82) is 5.26 Å². The molecule has 0 aliphatic carbocycles. The van der Waals surface area contributed by atoms with Crippen molar-refractivity contribution in [3.63, 3.8) is 0 Å². The first-order valence-electron chi connectivity index (χ1n) is 5.85. The Labute approximate surface area is 111 Å². The highest BCUT2D eigenvalue weighted by atomic mass is 32.1. The first-order valence-corrected chi connectivity index (χ1v) is 6.67. The zero-order chi connectivity index (χ0) is 13.5. The molecule has 1 aromatic rings. The van der Waals surface area contributed by atoms with Crippen LogP contribution in [0, 0.1) is 11.3 Å². The average Bonchev–Trinajstić information content (AvgIpc) is 2.78. The number of aromatic nitrogens is 2. The molecule has 1 amide bonds. The summed E-state index contributed by atoms with van der Waals surface area (Å²) in [6, 6.07) is 2.09. The summed E-state index contributed by atoms with van der Waals surface area (Å²) < 4.78 is 0. The van der Waals surface area contributed by atoms with Gasteiger partial charge >= 0.3 is 0 Å². The third-order valence-corrected chi connectivity index (χ3v) is 3.15. The molecule has 0 atom stereocenters. The van der Waals surface area contributed by atoms with Crippen LogP contribution >= 0.6 is 11.3 Å². The van der Waals surface area contributed by atoms with E-state index in [1.807, 2.05) is 26.8 Å². The van der Waals surface area contributed by atoms with E-state index >= 15 is 0 Å². The number of nitriles is 1. The Balaban J connectivity index is 2.78. The molecule has 0 fully saturated rings. The van der Waals surface area contributed by atoms with Gasteiger partial charge in [0.15, 0.2) is 0 Å². The second-order valence-corrected chi connectivity index (χ2v) is 4.92. The monoisotopic (exact) mass is 267 g/mol. The topological polar surface area (TPSA) is 81.9 Å². The summed E-state index contributed by atoms with van der Waals surface area (Å²) in [4.78, 5) is 13.8. The second kappa shape index (κ2) is 6.91. The van der Waals surface area contributed by atoms with Crippen molar-refractivity contribution in [2.45, 2.75) is 33.2 Å². The molecule has 0 radical (unpaired) electrons. The van der Waals surface area contributed by atoms with E-state index in [1.165, 1.54) is 11.3 Å². The molecule has 1 aromatic heterocycles. The molecule has 0 saturated heterocycles. The smallest absolute Gasteiger partial charge is 0.285 e. The van der Waals surface area contributed by atoms with Gasteiger partial charge in [-0.3, -0.25) is 4.79 Å². The number of hydrogen-bond donors (Lipinski definition) is 1. The maximum atomic E-state index is 12.2. The van der Waals surface area contributed by atoms with Crippen molar-refractivity contribution < 1.29 is 4.79 Å². The number of nitrogens with zero attached hydrogens (tertiary/aromatic N) is 4. The second-order valence-electron chi connectivity index (χ2n) is 3.94. The summed E-state index contributed by atoms with van der Waals surface area (Å²) in [5.41, 5.74) is 0. The van der Waals surface area contributed by atoms with Crippen LogP contribution in [0.15, 0.2) is 0 Å². The minimum atomic E-state index is -0.165. The summed E-state index contributed by atoms with van der Waals surface area (Å²) >= 11 is 1.24. The summed E-state index contributed by atoms with van der Waals surface area (Å²) in [6.07, 6.45) is 0.322. The molecule has 98 valence electrons. The van der Waals surface area contributed by atoms with E-state index in [0.717, 1.165) is 6.54 Å². The Morgan fingerprint density at radius 2 is 2.28 bits per heavy atom. The Morgan fingerprint density at radius 1 is 1.56 bits per heavy atom. The van der Waals surface area contributed by atoms with Crippen molar-refractivity contribution in [2.75, 3.05) is 18.4 Å².